The minimum absolute atomic E-state index is 0.0534. The molecule has 0 bridgehead atoms. The molecule has 0 aliphatic carbocycles. The van der Waals surface area contributed by atoms with E-state index >= 15 is 0 Å². The number of nitrogens with zero attached hydrogens (tertiary/aromatic N) is 1. The molecule has 0 aliphatic rings. The fourth-order valence-electron chi connectivity index (χ4n) is 1.44. The zero-order chi connectivity index (χ0) is 13.7. The lowest BCUT2D eigenvalue weighted by molar-refractivity contribution is -0.128. The third-order valence-electron chi connectivity index (χ3n) is 2.56. The fraction of sp³-hybridized carbons (Fsp3) is 0.500. The minimum atomic E-state index is -1.08. The van der Waals surface area contributed by atoms with Crippen molar-refractivity contribution in [1.82, 2.24) is 10.2 Å². The molecule has 0 aromatic carbocycles. The van der Waals surface area contributed by atoms with Gasteiger partial charge in [-0.1, -0.05) is 0 Å². The van der Waals surface area contributed by atoms with Gasteiger partial charge in [0.25, 0.3) is 0 Å². The van der Waals surface area contributed by atoms with Crippen LogP contribution in [0.4, 0.5) is 0 Å². The zero-order valence-corrected chi connectivity index (χ0v) is 10.8. The van der Waals surface area contributed by atoms with Crippen molar-refractivity contribution in [1.29, 1.82) is 0 Å². The summed E-state index contributed by atoms with van der Waals surface area (Å²) in [6.45, 7) is 2.75. The smallest absolute Gasteiger partial charge is 0.371 e. The number of carboxylic acids is 1. The summed E-state index contributed by atoms with van der Waals surface area (Å²) in [6, 6.07) is 1.50. The molecule has 100 valence electrons. The lowest BCUT2D eigenvalue weighted by atomic mass is 10.2. The number of nitrogens with one attached hydrogen (secondary N) is 1. The minimum Gasteiger partial charge on any atom is -0.475 e. The van der Waals surface area contributed by atoms with Crippen LogP contribution in [0, 0.1) is 6.92 Å². The van der Waals surface area contributed by atoms with Gasteiger partial charge in [-0.15, -0.1) is 0 Å². The molecule has 18 heavy (non-hydrogen) atoms. The van der Waals surface area contributed by atoms with Gasteiger partial charge in [-0.2, -0.15) is 0 Å². The highest BCUT2D eigenvalue weighted by molar-refractivity contribution is 5.84. The van der Waals surface area contributed by atoms with Crippen molar-refractivity contribution in [2.45, 2.75) is 19.9 Å². The van der Waals surface area contributed by atoms with Crippen molar-refractivity contribution in [3.63, 3.8) is 0 Å². The Hall–Kier alpha value is -1.82. The maximum atomic E-state index is 11.3. The van der Waals surface area contributed by atoms with Crippen LogP contribution in [0.25, 0.3) is 0 Å². The molecule has 1 heterocycles. The number of rotatable bonds is 6. The van der Waals surface area contributed by atoms with Gasteiger partial charge in [0.05, 0.1) is 0 Å². The van der Waals surface area contributed by atoms with E-state index in [9.17, 15) is 9.59 Å². The van der Waals surface area contributed by atoms with E-state index in [-0.39, 0.29) is 11.7 Å². The van der Waals surface area contributed by atoms with Gasteiger partial charge >= 0.3 is 5.97 Å². The summed E-state index contributed by atoms with van der Waals surface area (Å²) in [5.41, 5.74) is 0.796. The zero-order valence-electron chi connectivity index (χ0n) is 10.8. The SMILES string of the molecule is Cc1oc(C(=O)O)cc1CNCCC(=O)N(C)C. The number of aryl methyl sites for hydroxylation is 1. The van der Waals surface area contributed by atoms with E-state index in [2.05, 4.69) is 5.32 Å². The number of hydrogen-bond acceptors (Lipinski definition) is 4. The van der Waals surface area contributed by atoms with Crippen LogP contribution in [0.3, 0.4) is 0 Å². The van der Waals surface area contributed by atoms with Crippen LogP contribution in [-0.4, -0.2) is 42.5 Å². The normalized spacial score (nSPS) is 10.4. The van der Waals surface area contributed by atoms with Crippen LogP contribution in [0.5, 0.6) is 0 Å². The number of carboxylic acid groups (broad SMARTS) is 1. The van der Waals surface area contributed by atoms with Gasteiger partial charge in [-0.05, 0) is 13.0 Å². The highest BCUT2D eigenvalue weighted by Crippen LogP contribution is 2.14. The first-order valence-electron chi connectivity index (χ1n) is 5.65. The molecular formula is C12H18N2O4. The van der Waals surface area contributed by atoms with Crippen LogP contribution in [0.15, 0.2) is 10.5 Å². The molecule has 1 amide bonds. The molecule has 0 saturated heterocycles. The summed E-state index contributed by atoms with van der Waals surface area (Å²) in [6.07, 6.45) is 0.412. The van der Waals surface area contributed by atoms with Crippen molar-refractivity contribution in [3.05, 3.63) is 23.2 Å². The van der Waals surface area contributed by atoms with E-state index in [1.807, 2.05) is 0 Å². The van der Waals surface area contributed by atoms with Crippen molar-refractivity contribution < 1.29 is 19.1 Å². The molecule has 0 spiro atoms. The topological polar surface area (TPSA) is 82.8 Å². The van der Waals surface area contributed by atoms with Crippen molar-refractivity contribution >= 4 is 11.9 Å². The molecule has 1 rings (SSSR count). The van der Waals surface area contributed by atoms with E-state index in [0.29, 0.717) is 25.3 Å². The molecule has 1 aromatic heterocycles. The number of aromatic carboxylic acids is 1. The molecule has 0 atom stereocenters. The van der Waals surface area contributed by atoms with Gasteiger partial charge in [0.2, 0.25) is 11.7 Å². The quantitative estimate of drug-likeness (QED) is 0.735. The Morgan fingerprint density at radius 3 is 2.61 bits per heavy atom. The first kappa shape index (κ1) is 14.2. The average molecular weight is 254 g/mol. The predicted molar refractivity (Wildman–Crippen MR) is 65.4 cm³/mol. The summed E-state index contributed by atoms with van der Waals surface area (Å²) >= 11 is 0. The van der Waals surface area contributed by atoms with Crippen molar-refractivity contribution in [2.75, 3.05) is 20.6 Å². The lowest BCUT2D eigenvalue weighted by Crippen LogP contribution is -2.26. The molecule has 6 heteroatoms. The lowest BCUT2D eigenvalue weighted by Gasteiger charge is -2.10. The number of carbonyl (C=O) groups excluding carboxylic acids is 1. The number of amides is 1. The Morgan fingerprint density at radius 1 is 1.44 bits per heavy atom. The molecule has 6 nitrogen and oxygen atoms in total. The molecule has 0 fully saturated rings. The maximum Gasteiger partial charge on any atom is 0.371 e. The van der Waals surface area contributed by atoms with Crippen molar-refractivity contribution in [3.8, 4) is 0 Å². The molecular weight excluding hydrogens is 236 g/mol. The third-order valence-corrected chi connectivity index (χ3v) is 2.56. The fourth-order valence-corrected chi connectivity index (χ4v) is 1.44. The number of furan rings is 1. The van der Waals surface area contributed by atoms with E-state index < -0.39 is 5.97 Å². The molecule has 0 saturated carbocycles. The first-order valence-corrected chi connectivity index (χ1v) is 5.65. The molecule has 1 aromatic rings. The van der Waals surface area contributed by atoms with Crippen molar-refractivity contribution in [2.24, 2.45) is 0 Å². The van der Waals surface area contributed by atoms with Gasteiger partial charge in [0.15, 0.2) is 0 Å². The number of carbonyl (C=O) groups is 2. The van der Waals surface area contributed by atoms with Crippen LogP contribution < -0.4 is 5.32 Å². The van der Waals surface area contributed by atoms with E-state index in [1.165, 1.54) is 11.0 Å². The van der Waals surface area contributed by atoms with E-state index in [4.69, 9.17) is 9.52 Å². The van der Waals surface area contributed by atoms with E-state index in [1.54, 1.807) is 21.0 Å². The maximum absolute atomic E-state index is 11.3. The van der Waals surface area contributed by atoms with Gasteiger partial charge in [-0.3, -0.25) is 4.79 Å². The second-order valence-electron chi connectivity index (χ2n) is 4.21. The molecule has 0 aliphatic heterocycles. The van der Waals surface area contributed by atoms with Crippen LogP contribution >= 0.6 is 0 Å². The van der Waals surface area contributed by atoms with Crippen LogP contribution in [0.2, 0.25) is 0 Å². The van der Waals surface area contributed by atoms with Crippen LogP contribution in [0.1, 0.15) is 28.3 Å². The van der Waals surface area contributed by atoms with Gasteiger partial charge in [-0.25, -0.2) is 4.79 Å². The highest BCUT2D eigenvalue weighted by atomic mass is 16.4. The summed E-state index contributed by atoms with van der Waals surface area (Å²) in [5.74, 6) is -0.503. The summed E-state index contributed by atoms with van der Waals surface area (Å²) in [4.78, 5) is 23.5. The second kappa shape index (κ2) is 6.20. The number of hydrogen-bond donors (Lipinski definition) is 2. The Morgan fingerprint density at radius 2 is 2.11 bits per heavy atom. The van der Waals surface area contributed by atoms with Gasteiger partial charge in [0.1, 0.15) is 5.76 Å². The highest BCUT2D eigenvalue weighted by Gasteiger charge is 2.12. The average Bonchev–Trinajstić information content (AvgIpc) is 2.66. The third kappa shape index (κ3) is 3.89. The van der Waals surface area contributed by atoms with Crippen LogP contribution in [-0.2, 0) is 11.3 Å². The molecule has 0 radical (unpaired) electrons. The Labute approximate surface area is 106 Å². The summed E-state index contributed by atoms with van der Waals surface area (Å²) in [7, 11) is 3.42. The first-order chi connectivity index (χ1) is 8.41. The van der Waals surface area contributed by atoms with Gasteiger partial charge in [0, 0.05) is 39.2 Å². The standard InChI is InChI=1S/C12H18N2O4/c1-8-9(6-10(18-8)12(16)17)7-13-5-4-11(15)14(2)3/h6,13H,4-5,7H2,1-3H3,(H,16,17). The monoisotopic (exact) mass is 254 g/mol. The Balaban J connectivity index is 2.40. The Bertz CT molecular complexity index is 437. The predicted octanol–water partition coefficient (Wildman–Crippen LogP) is 0.854. The Kier molecular flexibility index (Phi) is 4.91. The second-order valence-corrected chi connectivity index (χ2v) is 4.21. The largest absolute Gasteiger partial charge is 0.475 e. The van der Waals surface area contributed by atoms with E-state index in [0.717, 1.165) is 5.56 Å². The van der Waals surface area contributed by atoms with Gasteiger partial charge < -0.3 is 19.7 Å². The molecule has 0 unspecified atom stereocenters. The summed E-state index contributed by atoms with van der Waals surface area (Å²) in [5, 5.41) is 11.8. The molecule has 2 N–H and O–H groups in total. The summed E-state index contributed by atoms with van der Waals surface area (Å²) < 4.78 is 5.08.